The second-order valence-electron chi connectivity index (χ2n) is 6.70. The van der Waals surface area contributed by atoms with Crippen molar-refractivity contribution >= 4 is 29.2 Å². The Morgan fingerprint density at radius 2 is 1.80 bits per heavy atom. The molecule has 2 amide bonds. The molecule has 11 heteroatoms. The number of aliphatic hydroxyl groups excluding tert-OH is 1. The molecule has 2 aromatic rings. The lowest BCUT2D eigenvalue weighted by Crippen LogP contribution is -2.65. The van der Waals surface area contributed by atoms with Crippen LogP contribution in [0.15, 0.2) is 36.5 Å². The molecule has 1 N–H and O–H groups in total. The summed E-state index contributed by atoms with van der Waals surface area (Å²) in [5.41, 5.74) is -0.520. The van der Waals surface area contributed by atoms with Crippen LogP contribution in [0.4, 0.5) is 23.4 Å². The number of pyridine rings is 1. The molecule has 1 aromatic carbocycles. The molecule has 2 heterocycles. The number of halogens is 5. The van der Waals surface area contributed by atoms with E-state index in [1.165, 1.54) is 19.1 Å². The topological polar surface area (TPSA) is 73.7 Å². The molecule has 2 atom stereocenters. The quantitative estimate of drug-likeness (QED) is 0.734. The van der Waals surface area contributed by atoms with Gasteiger partial charge in [0.25, 0.3) is 5.91 Å². The highest BCUT2D eigenvalue weighted by molar-refractivity contribution is 6.30. The minimum absolute atomic E-state index is 0.00215. The van der Waals surface area contributed by atoms with Gasteiger partial charge in [-0.3, -0.25) is 14.5 Å². The van der Waals surface area contributed by atoms with E-state index in [-0.39, 0.29) is 11.6 Å². The Hall–Kier alpha value is -2.72. The number of benzene rings is 1. The summed E-state index contributed by atoms with van der Waals surface area (Å²) in [4.78, 5) is 31.5. The van der Waals surface area contributed by atoms with E-state index < -0.39 is 53.9 Å². The highest BCUT2D eigenvalue weighted by atomic mass is 35.5. The van der Waals surface area contributed by atoms with E-state index in [1.54, 1.807) is 0 Å². The van der Waals surface area contributed by atoms with E-state index in [0.29, 0.717) is 5.56 Å². The summed E-state index contributed by atoms with van der Waals surface area (Å²) in [6.07, 6.45) is -3.39. The number of anilines is 1. The lowest BCUT2D eigenvalue weighted by molar-refractivity contribution is -0.148. The van der Waals surface area contributed by atoms with Gasteiger partial charge >= 0.3 is 6.18 Å². The number of rotatable bonds is 4. The number of hydrogen-bond donors (Lipinski definition) is 1. The number of piperazine rings is 1. The first-order chi connectivity index (χ1) is 14.0. The number of aliphatic hydroxyl groups is 1. The van der Waals surface area contributed by atoms with Gasteiger partial charge in [-0.2, -0.15) is 13.2 Å². The van der Waals surface area contributed by atoms with Gasteiger partial charge in [-0.1, -0.05) is 23.7 Å². The number of hydrogen-bond acceptors (Lipinski definition) is 4. The third kappa shape index (κ3) is 4.10. The number of nitrogens with zero attached hydrogens (tertiary/aromatic N) is 3. The van der Waals surface area contributed by atoms with Gasteiger partial charge < -0.3 is 10.0 Å². The maximum Gasteiger partial charge on any atom is 0.416 e. The van der Waals surface area contributed by atoms with Crippen LogP contribution in [0.5, 0.6) is 0 Å². The molecular weight excluding hydrogens is 430 g/mol. The maximum atomic E-state index is 14.3. The van der Waals surface area contributed by atoms with Gasteiger partial charge in [-0.05, 0) is 30.7 Å². The number of carbonyl (C=O) groups is 2. The molecule has 6 nitrogen and oxygen atoms in total. The van der Waals surface area contributed by atoms with Crippen LogP contribution in [-0.2, 0) is 22.3 Å². The standard InChI is InChI=1S/C19H16ClF4N3O3/c1-10-17(29)26(8-11-2-4-12(5-3-11)19(22,23)24)15(9-28)18(30)27(10)16-14(21)6-13(20)7-25-16/h2-7,10,15,28H,8-9H2,1H3/t10-,15-/m1/s1. The average molecular weight is 446 g/mol. The van der Waals surface area contributed by atoms with Crippen LogP contribution >= 0.6 is 11.6 Å². The Labute approximate surface area is 173 Å². The fourth-order valence-electron chi connectivity index (χ4n) is 3.22. The van der Waals surface area contributed by atoms with Crippen molar-refractivity contribution in [2.24, 2.45) is 0 Å². The molecule has 1 saturated heterocycles. The van der Waals surface area contributed by atoms with Crippen molar-refractivity contribution in [3.05, 3.63) is 58.5 Å². The lowest BCUT2D eigenvalue weighted by Gasteiger charge is -2.42. The molecular formula is C19H16ClF4N3O3. The predicted molar refractivity (Wildman–Crippen MR) is 99.0 cm³/mol. The van der Waals surface area contributed by atoms with E-state index in [1.807, 2.05) is 0 Å². The molecule has 3 rings (SSSR count). The summed E-state index contributed by atoms with van der Waals surface area (Å²) >= 11 is 5.67. The summed E-state index contributed by atoms with van der Waals surface area (Å²) in [7, 11) is 0. The molecule has 1 fully saturated rings. The van der Waals surface area contributed by atoms with Crippen molar-refractivity contribution in [2.75, 3.05) is 11.5 Å². The maximum absolute atomic E-state index is 14.3. The minimum atomic E-state index is -4.51. The summed E-state index contributed by atoms with van der Waals surface area (Å²) < 4.78 is 52.5. The van der Waals surface area contributed by atoms with Crippen molar-refractivity contribution in [1.29, 1.82) is 0 Å². The third-order valence-electron chi connectivity index (χ3n) is 4.75. The Balaban J connectivity index is 1.89. The van der Waals surface area contributed by atoms with Gasteiger partial charge in [0.1, 0.15) is 12.1 Å². The zero-order valence-corrected chi connectivity index (χ0v) is 16.3. The molecule has 30 heavy (non-hydrogen) atoms. The van der Waals surface area contributed by atoms with Gasteiger partial charge in [0.15, 0.2) is 11.6 Å². The molecule has 1 aliphatic rings. The highest BCUT2D eigenvalue weighted by Gasteiger charge is 2.45. The van der Waals surface area contributed by atoms with Crippen LogP contribution in [0, 0.1) is 5.82 Å². The highest BCUT2D eigenvalue weighted by Crippen LogP contribution is 2.31. The van der Waals surface area contributed by atoms with Crippen LogP contribution < -0.4 is 4.90 Å². The first-order valence-corrected chi connectivity index (χ1v) is 9.14. The van der Waals surface area contributed by atoms with Crippen LogP contribution in [0.25, 0.3) is 0 Å². The van der Waals surface area contributed by atoms with Crippen LogP contribution in [0.2, 0.25) is 5.02 Å². The molecule has 0 aliphatic carbocycles. The molecule has 0 bridgehead atoms. The fraction of sp³-hybridized carbons (Fsp3) is 0.316. The van der Waals surface area contributed by atoms with Crippen molar-refractivity contribution in [3.63, 3.8) is 0 Å². The predicted octanol–water partition coefficient (Wildman–Crippen LogP) is 3.02. The SMILES string of the molecule is C[C@@H]1C(=O)N(Cc2ccc(C(F)(F)F)cc2)[C@H](CO)C(=O)N1c1ncc(Cl)cc1F. The van der Waals surface area contributed by atoms with E-state index in [4.69, 9.17) is 11.6 Å². The average Bonchev–Trinajstić information content (AvgIpc) is 2.67. The van der Waals surface area contributed by atoms with Crippen LogP contribution in [-0.4, -0.2) is 45.5 Å². The summed E-state index contributed by atoms with van der Waals surface area (Å²) in [6.45, 7) is 0.398. The first kappa shape index (κ1) is 22.0. The van der Waals surface area contributed by atoms with Gasteiger partial charge in [0, 0.05) is 12.7 Å². The number of alkyl halides is 3. The summed E-state index contributed by atoms with van der Waals surface area (Å²) in [6, 6.07) is 2.53. The monoisotopic (exact) mass is 445 g/mol. The van der Waals surface area contributed by atoms with Crippen molar-refractivity contribution in [1.82, 2.24) is 9.88 Å². The van der Waals surface area contributed by atoms with Gasteiger partial charge in [-0.25, -0.2) is 9.37 Å². The zero-order valence-electron chi connectivity index (χ0n) is 15.5. The first-order valence-electron chi connectivity index (χ1n) is 8.76. The molecule has 1 aromatic heterocycles. The molecule has 1 aliphatic heterocycles. The van der Waals surface area contributed by atoms with Crippen molar-refractivity contribution < 1.29 is 32.3 Å². The normalized spacial score (nSPS) is 20.1. The lowest BCUT2D eigenvalue weighted by atomic mass is 10.0. The Morgan fingerprint density at radius 3 is 2.33 bits per heavy atom. The summed E-state index contributed by atoms with van der Waals surface area (Å²) in [5.74, 6) is -2.71. The van der Waals surface area contributed by atoms with Crippen molar-refractivity contribution in [3.8, 4) is 0 Å². The van der Waals surface area contributed by atoms with Gasteiger partial charge in [0.05, 0.1) is 17.2 Å². The Kier molecular flexibility index (Phi) is 6.00. The molecule has 0 unspecified atom stereocenters. The smallest absolute Gasteiger partial charge is 0.394 e. The fourth-order valence-corrected chi connectivity index (χ4v) is 3.37. The number of aromatic nitrogens is 1. The van der Waals surface area contributed by atoms with E-state index in [0.717, 1.165) is 34.2 Å². The van der Waals surface area contributed by atoms with Crippen molar-refractivity contribution in [2.45, 2.75) is 31.7 Å². The molecule has 0 spiro atoms. The van der Waals surface area contributed by atoms with Crippen LogP contribution in [0.3, 0.4) is 0 Å². The second kappa shape index (κ2) is 8.19. The summed E-state index contributed by atoms with van der Waals surface area (Å²) in [5, 5.41) is 9.72. The van der Waals surface area contributed by atoms with Gasteiger partial charge in [-0.15, -0.1) is 0 Å². The Morgan fingerprint density at radius 1 is 1.17 bits per heavy atom. The minimum Gasteiger partial charge on any atom is -0.394 e. The zero-order chi connectivity index (χ0) is 22.2. The van der Waals surface area contributed by atoms with E-state index in [9.17, 15) is 32.3 Å². The van der Waals surface area contributed by atoms with Crippen LogP contribution in [0.1, 0.15) is 18.1 Å². The second-order valence-corrected chi connectivity index (χ2v) is 7.14. The van der Waals surface area contributed by atoms with Gasteiger partial charge in [0.2, 0.25) is 5.91 Å². The number of carbonyl (C=O) groups excluding carboxylic acids is 2. The number of amides is 2. The third-order valence-corrected chi connectivity index (χ3v) is 4.96. The van der Waals surface area contributed by atoms with E-state index >= 15 is 0 Å². The molecule has 0 saturated carbocycles. The van der Waals surface area contributed by atoms with E-state index in [2.05, 4.69) is 4.98 Å². The largest absolute Gasteiger partial charge is 0.416 e. The molecule has 160 valence electrons. The Bertz CT molecular complexity index is 968. The molecule has 0 radical (unpaired) electrons.